The number of halogens is 4. The predicted octanol–water partition coefficient (Wildman–Crippen LogP) is 4.94. The second-order valence-electron chi connectivity index (χ2n) is 16.8. The lowest BCUT2D eigenvalue weighted by Crippen LogP contribution is -2.56. The summed E-state index contributed by atoms with van der Waals surface area (Å²) < 4.78 is 68.3. The second-order valence-corrected chi connectivity index (χ2v) is 16.8. The van der Waals surface area contributed by atoms with Gasteiger partial charge in [0.05, 0.1) is 53.8 Å². The third-order valence-corrected chi connectivity index (χ3v) is 12.4. The molecule has 1 aromatic carbocycles. The molecule has 21 heteroatoms. The highest BCUT2D eigenvalue weighted by Crippen LogP contribution is 2.37. The summed E-state index contributed by atoms with van der Waals surface area (Å²) in [7, 11) is 4.87. The highest BCUT2D eigenvalue weighted by atomic mass is 19.3. The minimum Gasteiger partial charge on any atom is -0.380 e. The number of aryl methyl sites for hydroxylation is 1. The summed E-state index contributed by atoms with van der Waals surface area (Å²) in [5.74, 6) is -3.62. The summed E-state index contributed by atoms with van der Waals surface area (Å²) in [5, 5.41) is 13.2. The number of fused-ring (bicyclic) bond motifs is 2. The minimum atomic E-state index is -2.91. The van der Waals surface area contributed by atoms with E-state index in [0.717, 1.165) is 50.9 Å². The maximum atomic E-state index is 14.8. The first-order chi connectivity index (χ1) is 30.2. The van der Waals surface area contributed by atoms with Gasteiger partial charge in [0.2, 0.25) is 11.8 Å². The van der Waals surface area contributed by atoms with Crippen molar-refractivity contribution in [3.8, 4) is 0 Å². The van der Waals surface area contributed by atoms with Gasteiger partial charge >= 0.3 is 5.69 Å². The Balaban J connectivity index is 0.000000174. The second kappa shape index (κ2) is 18.1. The lowest BCUT2D eigenvalue weighted by molar-refractivity contribution is -0.135. The summed E-state index contributed by atoms with van der Waals surface area (Å²) in [6, 6.07) is 5.41. The first-order valence-corrected chi connectivity index (χ1v) is 21.4. The van der Waals surface area contributed by atoms with E-state index >= 15 is 0 Å². The molecular formula is C42H52F4N12O5. The molecule has 0 spiro atoms. The van der Waals surface area contributed by atoms with Crippen LogP contribution in [0.15, 0.2) is 47.7 Å². The molecule has 4 fully saturated rings. The quantitative estimate of drug-likeness (QED) is 0.160. The average molecular weight is 881 g/mol. The number of carbonyl (C=O) groups is 3. The third kappa shape index (κ3) is 8.89. The van der Waals surface area contributed by atoms with Crippen molar-refractivity contribution in [2.75, 3.05) is 68.6 Å². The van der Waals surface area contributed by atoms with Crippen molar-refractivity contribution in [3.05, 3.63) is 64.6 Å². The van der Waals surface area contributed by atoms with E-state index in [1.807, 2.05) is 6.07 Å². The van der Waals surface area contributed by atoms with E-state index in [0.29, 0.717) is 48.7 Å². The zero-order chi connectivity index (χ0) is 44.6. The zero-order valence-corrected chi connectivity index (χ0v) is 35.5. The Morgan fingerprint density at radius 2 is 1.78 bits per heavy atom. The van der Waals surface area contributed by atoms with Crippen molar-refractivity contribution < 1.29 is 36.7 Å². The Morgan fingerprint density at radius 1 is 0.984 bits per heavy atom. The molecule has 2 unspecified atom stereocenters. The number of rotatable bonds is 8. The molecule has 2 N–H and O–H groups in total. The molecule has 3 amide bonds. The van der Waals surface area contributed by atoms with E-state index in [2.05, 4.69) is 30.7 Å². The standard InChI is InChI=1S/C22H27F2N7O2.C20H25F2N5O3/c23-20(24)19-17(14-31(28-19)15-5-2-1-3-6-15)26-22(32)16-13-25-30-9-7-18(27-21(16)30)29-8-4-11-33-12-10-29;1-24(2)15-9-10-26(11-20(15,21)22)12-5-4-6-13-17(12)25(3)19(30)27(13)14-7-8-16(28)23-18(14)29/h7,9,13-15,20H,1-6,8,10-12H2,(H,26,32);4-6,14-15H,7-11H2,1-3H3,(H,23,28,29). The summed E-state index contributed by atoms with van der Waals surface area (Å²) in [4.78, 5) is 59.8. The average Bonchev–Trinajstić information content (AvgIpc) is 3.87. The summed E-state index contributed by atoms with van der Waals surface area (Å²) in [6.07, 6.45) is 8.48. The fraction of sp³-hybridized carbons (Fsp3) is 0.548. The van der Waals surface area contributed by atoms with Crippen molar-refractivity contribution >= 4 is 51.6 Å². The SMILES string of the molecule is CN(C)C1CCN(c2cccc3c2n(C)c(=O)n3C2CCC(=O)NC2=O)CC1(F)F.O=C(Nc1cn(C2CCCCC2)nc1C(F)F)c1cnn2ccc(N3CCCOCC3)nc12. The van der Waals surface area contributed by atoms with E-state index in [1.165, 1.54) is 26.0 Å². The monoisotopic (exact) mass is 880 g/mol. The molecule has 0 bridgehead atoms. The fourth-order valence-corrected chi connectivity index (χ4v) is 9.23. The number of hydrogen-bond donors (Lipinski definition) is 2. The molecule has 1 saturated carbocycles. The van der Waals surface area contributed by atoms with Crippen LogP contribution in [-0.4, -0.2) is 122 Å². The summed E-state index contributed by atoms with van der Waals surface area (Å²) >= 11 is 0. The number of imide groups is 1. The normalized spacial score (nSPS) is 21.2. The van der Waals surface area contributed by atoms with E-state index in [4.69, 9.17) is 4.74 Å². The van der Waals surface area contributed by atoms with Gasteiger partial charge in [-0.25, -0.2) is 31.9 Å². The number of piperidine rings is 2. The Labute approximate surface area is 359 Å². The van der Waals surface area contributed by atoms with Crippen LogP contribution >= 0.6 is 0 Å². The van der Waals surface area contributed by atoms with Gasteiger partial charge in [0.15, 0.2) is 11.3 Å². The largest absolute Gasteiger partial charge is 0.380 e. The molecule has 7 heterocycles. The number of alkyl halides is 4. The van der Waals surface area contributed by atoms with Gasteiger partial charge in [-0.05, 0) is 64.4 Å². The molecule has 5 aromatic rings. The van der Waals surface area contributed by atoms with E-state index in [1.54, 1.807) is 60.0 Å². The van der Waals surface area contributed by atoms with E-state index < -0.39 is 54.2 Å². The molecule has 4 aromatic heterocycles. The van der Waals surface area contributed by atoms with Gasteiger partial charge in [0, 0.05) is 52.1 Å². The topological polar surface area (TPSA) is 169 Å². The van der Waals surface area contributed by atoms with Crippen LogP contribution in [-0.2, 0) is 21.4 Å². The van der Waals surface area contributed by atoms with Crippen LogP contribution < -0.4 is 26.1 Å². The van der Waals surface area contributed by atoms with Crippen LogP contribution in [0, 0.1) is 0 Å². The molecule has 3 aliphatic heterocycles. The number of carbonyl (C=O) groups excluding carboxylic acids is 3. The molecule has 0 radical (unpaired) electrons. The summed E-state index contributed by atoms with van der Waals surface area (Å²) in [5.41, 5.74) is 1.32. The van der Waals surface area contributed by atoms with Crippen LogP contribution in [0.2, 0.25) is 0 Å². The first kappa shape index (κ1) is 43.8. The Kier molecular flexibility index (Phi) is 12.6. The highest BCUT2D eigenvalue weighted by Gasteiger charge is 2.46. The first-order valence-electron chi connectivity index (χ1n) is 21.4. The van der Waals surface area contributed by atoms with Gasteiger partial charge in [-0.15, -0.1) is 0 Å². The van der Waals surface area contributed by atoms with Crippen molar-refractivity contribution in [2.24, 2.45) is 7.05 Å². The zero-order valence-electron chi connectivity index (χ0n) is 35.5. The van der Waals surface area contributed by atoms with Crippen molar-refractivity contribution in [1.82, 2.24) is 43.7 Å². The fourth-order valence-electron chi connectivity index (χ4n) is 9.23. The number of anilines is 3. The number of hydrogen-bond acceptors (Lipinski definition) is 11. The van der Waals surface area contributed by atoms with Crippen LogP contribution in [0.3, 0.4) is 0 Å². The number of amides is 3. The minimum absolute atomic E-state index is 0.0285. The van der Waals surface area contributed by atoms with Gasteiger partial charge in [0.25, 0.3) is 18.3 Å². The Morgan fingerprint density at radius 3 is 2.51 bits per heavy atom. The number of ether oxygens (including phenoxy) is 1. The predicted molar refractivity (Wildman–Crippen MR) is 226 cm³/mol. The van der Waals surface area contributed by atoms with Crippen LogP contribution in [0.1, 0.15) is 92.3 Å². The smallest absolute Gasteiger partial charge is 0.329 e. The number of aromatic nitrogens is 7. The van der Waals surface area contributed by atoms with Crippen molar-refractivity contribution in [3.63, 3.8) is 0 Å². The number of benzene rings is 1. The molecule has 4 aliphatic rings. The van der Waals surface area contributed by atoms with Gasteiger partial charge in [-0.2, -0.15) is 10.2 Å². The van der Waals surface area contributed by atoms with Crippen molar-refractivity contribution in [1.29, 1.82) is 0 Å². The Hall–Kier alpha value is -5.83. The maximum absolute atomic E-state index is 14.8. The van der Waals surface area contributed by atoms with Gasteiger partial charge in [0.1, 0.15) is 17.4 Å². The number of nitrogens with zero attached hydrogens (tertiary/aromatic N) is 10. The molecule has 63 heavy (non-hydrogen) atoms. The van der Waals surface area contributed by atoms with Crippen LogP contribution in [0.5, 0.6) is 0 Å². The van der Waals surface area contributed by atoms with Crippen LogP contribution in [0.4, 0.5) is 34.8 Å². The molecule has 17 nitrogen and oxygen atoms in total. The summed E-state index contributed by atoms with van der Waals surface area (Å²) in [6.45, 7) is 2.80. The molecule has 338 valence electrons. The molecule has 3 saturated heterocycles. The number of nitrogens with one attached hydrogen (secondary N) is 2. The molecule has 1 aliphatic carbocycles. The number of para-hydroxylation sites is 1. The van der Waals surface area contributed by atoms with Crippen molar-refractivity contribution in [2.45, 2.75) is 88.3 Å². The molecular weight excluding hydrogens is 829 g/mol. The van der Waals surface area contributed by atoms with Gasteiger partial charge in [-0.3, -0.25) is 33.5 Å². The maximum Gasteiger partial charge on any atom is 0.329 e. The van der Waals surface area contributed by atoms with E-state index in [9.17, 15) is 36.7 Å². The Bertz CT molecular complexity index is 2540. The number of imidazole rings is 1. The lowest BCUT2D eigenvalue weighted by atomic mass is 9.96. The van der Waals surface area contributed by atoms with E-state index in [-0.39, 0.29) is 42.5 Å². The highest BCUT2D eigenvalue weighted by molar-refractivity contribution is 6.08. The lowest BCUT2D eigenvalue weighted by Gasteiger charge is -2.42. The van der Waals surface area contributed by atoms with Gasteiger partial charge in [-0.1, -0.05) is 25.3 Å². The molecule has 9 rings (SSSR count). The third-order valence-electron chi connectivity index (χ3n) is 12.4. The van der Waals surface area contributed by atoms with Crippen LogP contribution in [0.25, 0.3) is 16.7 Å². The molecule has 2 atom stereocenters. The van der Waals surface area contributed by atoms with Gasteiger partial charge < -0.3 is 24.8 Å².